The Hall–Kier alpha value is -1.98. The molecule has 2 aliphatic heterocycles. The number of aromatic nitrogens is 1. The third-order valence-electron chi connectivity index (χ3n) is 5.90. The maximum absolute atomic E-state index is 12.1. The molecule has 0 saturated carbocycles. The molecule has 1 aromatic heterocycles. The van der Waals surface area contributed by atoms with Crippen molar-refractivity contribution < 1.29 is 9.53 Å². The Morgan fingerprint density at radius 3 is 2.84 bits per heavy atom. The summed E-state index contributed by atoms with van der Waals surface area (Å²) < 4.78 is 5.30. The first-order chi connectivity index (χ1) is 12.2. The van der Waals surface area contributed by atoms with Gasteiger partial charge in [0.1, 0.15) is 0 Å². The molecule has 3 heterocycles. The fraction of sp³-hybridized carbons (Fsp3) is 0.500. The Bertz CT molecular complexity index is 768. The van der Waals surface area contributed by atoms with E-state index in [0.717, 1.165) is 50.2 Å². The van der Waals surface area contributed by atoms with Crippen molar-refractivity contribution in [3.05, 3.63) is 42.1 Å². The smallest absolute Gasteiger partial charge is 0.226 e. The molecule has 0 aliphatic carbocycles. The molecule has 1 atom stereocenters. The van der Waals surface area contributed by atoms with Crippen molar-refractivity contribution in [1.29, 1.82) is 0 Å². The molecule has 1 N–H and O–H groups in total. The largest absolute Gasteiger partial charge is 0.384 e. The van der Waals surface area contributed by atoms with E-state index in [1.54, 1.807) is 7.11 Å². The van der Waals surface area contributed by atoms with E-state index in [1.165, 1.54) is 5.39 Å². The maximum atomic E-state index is 12.1. The lowest BCUT2D eigenvalue weighted by Gasteiger charge is -2.41. The second-order valence-corrected chi connectivity index (χ2v) is 7.36. The quantitative estimate of drug-likeness (QED) is 0.928. The van der Waals surface area contributed by atoms with Gasteiger partial charge in [0.05, 0.1) is 23.7 Å². The Kier molecular flexibility index (Phi) is 4.44. The number of pyridine rings is 1. The standard InChI is InChI=1S/C20H25N3O2/c1-25-13-17-19(24)21-14-20(17)8-10-23(11-9-20)12-16-7-6-15-4-2-3-5-18(15)22-16/h2-7,17H,8-14H2,1H3,(H,21,24)/t17-/m1/s1. The number of carbonyl (C=O) groups excluding carboxylic acids is 1. The van der Waals surface area contributed by atoms with E-state index >= 15 is 0 Å². The summed E-state index contributed by atoms with van der Waals surface area (Å²) in [7, 11) is 1.68. The van der Waals surface area contributed by atoms with Gasteiger partial charge in [-0.1, -0.05) is 24.3 Å². The van der Waals surface area contributed by atoms with Crippen molar-refractivity contribution in [3.63, 3.8) is 0 Å². The number of nitrogens with zero attached hydrogens (tertiary/aromatic N) is 2. The first kappa shape index (κ1) is 16.5. The van der Waals surface area contributed by atoms with Gasteiger partial charge in [0.15, 0.2) is 0 Å². The van der Waals surface area contributed by atoms with Crippen LogP contribution in [-0.2, 0) is 16.1 Å². The maximum Gasteiger partial charge on any atom is 0.226 e. The van der Waals surface area contributed by atoms with E-state index in [0.29, 0.717) is 6.61 Å². The average Bonchev–Trinajstić information content (AvgIpc) is 2.94. The van der Waals surface area contributed by atoms with Crippen LogP contribution in [0.15, 0.2) is 36.4 Å². The Labute approximate surface area is 148 Å². The molecule has 5 nitrogen and oxygen atoms in total. The number of benzene rings is 1. The number of methoxy groups -OCH3 is 1. The Morgan fingerprint density at radius 2 is 2.04 bits per heavy atom. The van der Waals surface area contributed by atoms with Crippen LogP contribution in [0.1, 0.15) is 18.5 Å². The van der Waals surface area contributed by atoms with E-state index in [-0.39, 0.29) is 17.2 Å². The highest BCUT2D eigenvalue weighted by Gasteiger charge is 2.49. The molecule has 0 radical (unpaired) electrons. The zero-order valence-electron chi connectivity index (χ0n) is 14.7. The van der Waals surface area contributed by atoms with E-state index in [2.05, 4.69) is 34.5 Å². The molecular weight excluding hydrogens is 314 g/mol. The zero-order valence-corrected chi connectivity index (χ0v) is 14.7. The minimum Gasteiger partial charge on any atom is -0.384 e. The van der Waals surface area contributed by atoms with Gasteiger partial charge in [-0.3, -0.25) is 14.7 Å². The van der Waals surface area contributed by atoms with Crippen molar-refractivity contribution in [3.8, 4) is 0 Å². The number of hydrogen-bond acceptors (Lipinski definition) is 4. The first-order valence-electron chi connectivity index (χ1n) is 9.04. The van der Waals surface area contributed by atoms with Crippen molar-refractivity contribution in [1.82, 2.24) is 15.2 Å². The summed E-state index contributed by atoms with van der Waals surface area (Å²) in [5.74, 6) is 0.157. The van der Waals surface area contributed by atoms with Gasteiger partial charge in [0.2, 0.25) is 5.91 Å². The Morgan fingerprint density at radius 1 is 1.24 bits per heavy atom. The van der Waals surface area contributed by atoms with Gasteiger partial charge in [-0.05, 0) is 38.1 Å². The zero-order chi connectivity index (χ0) is 17.3. The van der Waals surface area contributed by atoms with Gasteiger partial charge in [0, 0.05) is 31.0 Å². The average molecular weight is 339 g/mol. The lowest BCUT2D eigenvalue weighted by molar-refractivity contribution is -0.126. The van der Waals surface area contributed by atoms with Crippen LogP contribution in [0.3, 0.4) is 0 Å². The lowest BCUT2D eigenvalue weighted by atomic mass is 9.71. The van der Waals surface area contributed by atoms with Crippen LogP contribution >= 0.6 is 0 Å². The molecule has 1 amide bonds. The van der Waals surface area contributed by atoms with Gasteiger partial charge < -0.3 is 10.1 Å². The molecule has 1 aromatic carbocycles. The second kappa shape index (κ2) is 6.73. The molecule has 2 saturated heterocycles. The summed E-state index contributed by atoms with van der Waals surface area (Å²) in [4.78, 5) is 19.4. The molecule has 1 spiro atoms. The van der Waals surface area contributed by atoms with E-state index in [9.17, 15) is 4.79 Å². The molecule has 2 fully saturated rings. The van der Waals surface area contributed by atoms with E-state index < -0.39 is 0 Å². The van der Waals surface area contributed by atoms with Crippen molar-refractivity contribution in [2.75, 3.05) is 33.4 Å². The second-order valence-electron chi connectivity index (χ2n) is 7.36. The van der Waals surface area contributed by atoms with Crippen molar-refractivity contribution in [2.24, 2.45) is 11.3 Å². The lowest BCUT2D eigenvalue weighted by Crippen LogP contribution is -2.45. The first-order valence-corrected chi connectivity index (χ1v) is 9.04. The highest BCUT2D eigenvalue weighted by atomic mass is 16.5. The molecule has 2 aromatic rings. The summed E-state index contributed by atoms with van der Waals surface area (Å²) >= 11 is 0. The van der Waals surface area contributed by atoms with Crippen LogP contribution in [0.4, 0.5) is 0 Å². The SMILES string of the molecule is COC[C@@H]1C(=O)NCC12CCN(Cc1ccc3ccccc3n1)CC2. The fourth-order valence-corrected chi connectivity index (χ4v) is 4.31. The van der Waals surface area contributed by atoms with Gasteiger partial charge >= 0.3 is 0 Å². The number of amides is 1. The monoisotopic (exact) mass is 339 g/mol. The van der Waals surface area contributed by atoms with Gasteiger partial charge in [0.25, 0.3) is 0 Å². The summed E-state index contributed by atoms with van der Waals surface area (Å²) in [6.07, 6.45) is 2.07. The number of hydrogen-bond donors (Lipinski definition) is 1. The number of nitrogens with one attached hydrogen (secondary N) is 1. The van der Waals surface area contributed by atoms with Crippen LogP contribution in [0, 0.1) is 11.3 Å². The number of para-hydroxylation sites is 1. The van der Waals surface area contributed by atoms with Crippen molar-refractivity contribution >= 4 is 16.8 Å². The fourth-order valence-electron chi connectivity index (χ4n) is 4.31. The Balaban J connectivity index is 1.42. The molecule has 5 heteroatoms. The minimum atomic E-state index is -0.00144. The third-order valence-corrected chi connectivity index (χ3v) is 5.90. The predicted molar refractivity (Wildman–Crippen MR) is 97.1 cm³/mol. The molecule has 0 bridgehead atoms. The van der Waals surface area contributed by atoms with Gasteiger partial charge in [-0.25, -0.2) is 0 Å². The highest BCUT2D eigenvalue weighted by Crippen LogP contribution is 2.42. The number of rotatable bonds is 4. The minimum absolute atomic E-state index is 0.00144. The highest BCUT2D eigenvalue weighted by molar-refractivity contribution is 5.82. The molecule has 0 unspecified atom stereocenters. The number of fused-ring (bicyclic) bond motifs is 1. The summed E-state index contributed by atoms with van der Waals surface area (Å²) in [5.41, 5.74) is 2.24. The number of carbonyl (C=O) groups is 1. The predicted octanol–water partition coefficient (Wildman–Crippen LogP) is 2.21. The summed E-state index contributed by atoms with van der Waals surface area (Å²) in [6, 6.07) is 12.5. The summed E-state index contributed by atoms with van der Waals surface area (Å²) in [6.45, 7) is 4.20. The van der Waals surface area contributed by atoms with Crippen LogP contribution in [0.25, 0.3) is 10.9 Å². The van der Waals surface area contributed by atoms with Gasteiger partial charge in [-0.2, -0.15) is 0 Å². The van der Waals surface area contributed by atoms with Crippen molar-refractivity contribution in [2.45, 2.75) is 19.4 Å². The number of likely N-dealkylation sites (tertiary alicyclic amines) is 1. The molecule has 25 heavy (non-hydrogen) atoms. The number of ether oxygens (including phenoxy) is 1. The molecule has 2 aliphatic rings. The molecular formula is C20H25N3O2. The van der Waals surface area contributed by atoms with E-state index in [1.807, 2.05) is 12.1 Å². The topological polar surface area (TPSA) is 54.5 Å². The van der Waals surface area contributed by atoms with Crippen LogP contribution in [0.5, 0.6) is 0 Å². The van der Waals surface area contributed by atoms with Gasteiger partial charge in [-0.15, -0.1) is 0 Å². The number of piperidine rings is 1. The molecule has 4 rings (SSSR count). The van der Waals surface area contributed by atoms with Crippen LogP contribution in [-0.4, -0.2) is 49.1 Å². The summed E-state index contributed by atoms with van der Waals surface area (Å²) in [5, 5.41) is 4.23. The van der Waals surface area contributed by atoms with Crippen LogP contribution in [0.2, 0.25) is 0 Å². The van der Waals surface area contributed by atoms with Crippen LogP contribution < -0.4 is 5.32 Å². The van der Waals surface area contributed by atoms with E-state index in [4.69, 9.17) is 9.72 Å². The normalized spacial score (nSPS) is 23.2. The molecule has 132 valence electrons. The third kappa shape index (κ3) is 3.14.